The first-order valence-corrected chi connectivity index (χ1v) is 9.19. The maximum Gasteiger partial charge on any atom is 0.319 e. The third kappa shape index (κ3) is 3.88. The van der Waals surface area contributed by atoms with Gasteiger partial charge in [-0.25, -0.2) is 14.8 Å². The lowest BCUT2D eigenvalue weighted by Gasteiger charge is -2.33. The average Bonchev–Trinajstić information content (AvgIpc) is 2.90. The lowest BCUT2D eigenvalue weighted by Crippen LogP contribution is -2.47. The van der Waals surface area contributed by atoms with Gasteiger partial charge in [0.1, 0.15) is 0 Å². The molecule has 1 aromatic carbocycles. The molecule has 1 unspecified atom stereocenters. The van der Waals surface area contributed by atoms with Crippen LogP contribution in [0.2, 0.25) is 0 Å². The second-order valence-corrected chi connectivity index (χ2v) is 7.59. The third-order valence-electron chi connectivity index (χ3n) is 4.85. The van der Waals surface area contributed by atoms with Gasteiger partial charge in [0.25, 0.3) is 0 Å². The molecule has 1 atom stereocenters. The summed E-state index contributed by atoms with van der Waals surface area (Å²) in [6.45, 7) is 8.25. The predicted molar refractivity (Wildman–Crippen MR) is 104 cm³/mol. The Kier molecular flexibility index (Phi) is 5.32. The van der Waals surface area contributed by atoms with Crippen LogP contribution in [0, 0.1) is 0 Å². The second-order valence-electron chi connectivity index (χ2n) is 7.59. The van der Waals surface area contributed by atoms with Gasteiger partial charge in [-0.15, -0.1) is 0 Å². The van der Waals surface area contributed by atoms with E-state index in [0.29, 0.717) is 12.5 Å². The summed E-state index contributed by atoms with van der Waals surface area (Å²) in [6, 6.07) is 8.99. The summed E-state index contributed by atoms with van der Waals surface area (Å²) in [5.74, 6) is 0.569. The Balaban J connectivity index is 1.79. The number of fused-ring (bicyclic) bond motifs is 1. The Morgan fingerprint density at radius 1 is 1.30 bits per heavy atom. The first-order chi connectivity index (χ1) is 12.8. The topological polar surface area (TPSA) is 90.4 Å². The molecule has 2 heterocycles. The Morgan fingerprint density at radius 2 is 2.00 bits per heavy atom. The molecule has 1 aliphatic heterocycles. The summed E-state index contributed by atoms with van der Waals surface area (Å²) in [5.41, 5.74) is 2.11. The molecule has 2 aromatic rings. The summed E-state index contributed by atoms with van der Waals surface area (Å²) in [7, 11) is 0. The predicted octanol–water partition coefficient (Wildman–Crippen LogP) is 2.79. The van der Waals surface area contributed by atoms with E-state index < -0.39 is 11.6 Å². The standard InChI is InChI=1S/C20H27N5O2/c1-13(2)22-18-21-10-15-16(23-18)11-25(20(15,3)4)19(27)24-17(12-26)14-8-6-5-7-9-14/h5-10,13,17,26H,11-12H2,1-4H3,(H,24,27)(H,21,22,23). The Morgan fingerprint density at radius 3 is 2.63 bits per heavy atom. The van der Waals surface area contributed by atoms with E-state index in [1.165, 1.54) is 0 Å². The molecule has 1 aromatic heterocycles. The number of urea groups is 1. The fraction of sp³-hybridized carbons (Fsp3) is 0.450. The highest BCUT2D eigenvalue weighted by atomic mass is 16.3. The minimum atomic E-state index is -0.535. The normalized spacial score (nSPS) is 16.1. The van der Waals surface area contributed by atoms with E-state index in [1.54, 1.807) is 11.1 Å². The van der Waals surface area contributed by atoms with Crippen molar-refractivity contribution in [3.8, 4) is 0 Å². The molecule has 0 saturated carbocycles. The number of hydrogen-bond donors (Lipinski definition) is 3. The van der Waals surface area contributed by atoms with Crippen molar-refractivity contribution in [3.05, 3.63) is 53.3 Å². The minimum Gasteiger partial charge on any atom is -0.394 e. The van der Waals surface area contributed by atoms with Crippen LogP contribution in [0.1, 0.15) is 50.6 Å². The second kappa shape index (κ2) is 7.52. The number of rotatable bonds is 5. The zero-order valence-electron chi connectivity index (χ0n) is 16.2. The number of aromatic nitrogens is 2. The van der Waals surface area contributed by atoms with Gasteiger partial charge in [0.05, 0.1) is 30.4 Å². The van der Waals surface area contributed by atoms with Gasteiger partial charge in [0.15, 0.2) is 0 Å². The molecular formula is C20H27N5O2. The number of aliphatic hydroxyl groups is 1. The zero-order valence-corrected chi connectivity index (χ0v) is 16.2. The van der Waals surface area contributed by atoms with E-state index in [1.807, 2.05) is 58.0 Å². The van der Waals surface area contributed by atoms with Crippen LogP contribution in [0.25, 0.3) is 0 Å². The van der Waals surface area contributed by atoms with Crippen LogP contribution in [-0.4, -0.2) is 38.7 Å². The van der Waals surface area contributed by atoms with Crippen LogP contribution >= 0.6 is 0 Å². The van der Waals surface area contributed by atoms with E-state index in [2.05, 4.69) is 20.6 Å². The molecule has 0 bridgehead atoms. The van der Waals surface area contributed by atoms with Crippen molar-refractivity contribution < 1.29 is 9.90 Å². The van der Waals surface area contributed by atoms with Crippen LogP contribution in [-0.2, 0) is 12.1 Å². The monoisotopic (exact) mass is 369 g/mol. The molecule has 0 fully saturated rings. The van der Waals surface area contributed by atoms with Crippen molar-refractivity contribution in [1.82, 2.24) is 20.2 Å². The highest BCUT2D eigenvalue weighted by Crippen LogP contribution is 2.38. The highest BCUT2D eigenvalue weighted by molar-refractivity contribution is 5.77. The van der Waals surface area contributed by atoms with Gasteiger partial charge >= 0.3 is 6.03 Å². The van der Waals surface area contributed by atoms with Gasteiger partial charge in [-0.1, -0.05) is 30.3 Å². The van der Waals surface area contributed by atoms with E-state index in [9.17, 15) is 9.90 Å². The zero-order chi connectivity index (χ0) is 19.6. The quantitative estimate of drug-likeness (QED) is 0.754. The molecule has 0 radical (unpaired) electrons. The molecule has 7 heteroatoms. The molecule has 144 valence electrons. The number of hydrogen-bond acceptors (Lipinski definition) is 5. The SMILES string of the molecule is CC(C)Nc1ncc2c(n1)CN(C(=O)NC(CO)c1ccccc1)C2(C)C. The Hall–Kier alpha value is -2.67. The van der Waals surface area contributed by atoms with Crippen molar-refractivity contribution in [2.75, 3.05) is 11.9 Å². The highest BCUT2D eigenvalue weighted by Gasteiger charge is 2.42. The number of nitrogens with one attached hydrogen (secondary N) is 2. The third-order valence-corrected chi connectivity index (χ3v) is 4.85. The van der Waals surface area contributed by atoms with Gasteiger partial charge in [-0.05, 0) is 33.3 Å². The number of amides is 2. The molecule has 3 N–H and O–H groups in total. The summed E-state index contributed by atoms with van der Waals surface area (Å²) >= 11 is 0. The Bertz CT molecular complexity index is 807. The van der Waals surface area contributed by atoms with Crippen molar-refractivity contribution >= 4 is 12.0 Å². The van der Waals surface area contributed by atoms with E-state index in [-0.39, 0.29) is 18.7 Å². The van der Waals surface area contributed by atoms with E-state index in [0.717, 1.165) is 16.8 Å². The molecule has 27 heavy (non-hydrogen) atoms. The lowest BCUT2D eigenvalue weighted by molar-refractivity contribution is 0.136. The molecule has 0 saturated heterocycles. The molecule has 2 amide bonds. The van der Waals surface area contributed by atoms with Crippen molar-refractivity contribution in [1.29, 1.82) is 0 Å². The van der Waals surface area contributed by atoms with Crippen molar-refractivity contribution in [2.45, 2.75) is 51.9 Å². The Labute approximate surface area is 159 Å². The van der Waals surface area contributed by atoms with Crippen molar-refractivity contribution in [3.63, 3.8) is 0 Å². The number of nitrogens with zero attached hydrogens (tertiary/aromatic N) is 3. The minimum absolute atomic E-state index is 0.167. The molecule has 3 rings (SSSR count). The first-order valence-electron chi connectivity index (χ1n) is 9.19. The number of carbonyl (C=O) groups excluding carboxylic acids is 1. The van der Waals surface area contributed by atoms with Crippen LogP contribution in [0.4, 0.5) is 10.7 Å². The van der Waals surface area contributed by atoms with Gasteiger partial charge in [0, 0.05) is 17.8 Å². The van der Waals surface area contributed by atoms with Crippen LogP contribution < -0.4 is 10.6 Å². The van der Waals surface area contributed by atoms with E-state index >= 15 is 0 Å². The van der Waals surface area contributed by atoms with Crippen LogP contribution in [0.3, 0.4) is 0 Å². The van der Waals surface area contributed by atoms with Gasteiger partial charge < -0.3 is 20.6 Å². The molecular weight excluding hydrogens is 342 g/mol. The summed E-state index contributed by atoms with van der Waals surface area (Å²) in [6.07, 6.45) is 1.79. The first kappa shape index (κ1) is 19.1. The van der Waals surface area contributed by atoms with Gasteiger partial charge in [-0.2, -0.15) is 0 Å². The number of aliphatic hydroxyl groups excluding tert-OH is 1. The summed E-state index contributed by atoms with van der Waals surface area (Å²) in [4.78, 5) is 23.7. The molecule has 1 aliphatic rings. The van der Waals surface area contributed by atoms with E-state index in [4.69, 9.17) is 0 Å². The van der Waals surface area contributed by atoms with Crippen LogP contribution in [0.15, 0.2) is 36.5 Å². The van der Waals surface area contributed by atoms with Crippen LogP contribution in [0.5, 0.6) is 0 Å². The summed E-state index contributed by atoms with van der Waals surface area (Å²) in [5, 5.41) is 15.9. The van der Waals surface area contributed by atoms with Gasteiger partial charge in [-0.3, -0.25) is 0 Å². The maximum atomic E-state index is 13.0. The number of carbonyl (C=O) groups is 1. The average molecular weight is 369 g/mol. The maximum absolute atomic E-state index is 13.0. The fourth-order valence-corrected chi connectivity index (χ4v) is 3.34. The number of anilines is 1. The molecule has 0 aliphatic carbocycles. The lowest BCUT2D eigenvalue weighted by atomic mass is 9.97. The van der Waals surface area contributed by atoms with Gasteiger partial charge in [0.2, 0.25) is 5.95 Å². The molecule has 7 nitrogen and oxygen atoms in total. The molecule has 0 spiro atoms. The fourth-order valence-electron chi connectivity index (χ4n) is 3.34. The summed E-state index contributed by atoms with van der Waals surface area (Å²) < 4.78 is 0. The van der Waals surface area contributed by atoms with Crippen molar-refractivity contribution in [2.24, 2.45) is 0 Å². The number of benzene rings is 1. The smallest absolute Gasteiger partial charge is 0.319 e. The largest absolute Gasteiger partial charge is 0.394 e.